The first-order chi connectivity index (χ1) is 8.70. The maximum atomic E-state index is 10.6. The highest BCUT2D eigenvalue weighted by Gasteiger charge is 2.03. The standard InChI is InChI=1S/C13H13BrN2O2/c1-10-15-4-5-16(10)6-7-18-13-3-2-11(9-17)8-12(13)14/h2-5,8-9H,6-7H2,1H3. The van der Waals surface area contributed by atoms with Crippen molar-refractivity contribution in [3.05, 3.63) is 46.5 Å². The second kappa shape index (κ2) is 5.82. The van der Waals surface area contributed by atoms with Crippen LogP contribution in [-0.2, 0) is 6.54 Å². The van der Waals surface area contributed by atoms with E-state index in [2.05, 4.69) is 20.9 Å². The summed E-state index contributed by atoms with van der Waals surface area (Å²) in [6.45, 7) is 3.25. The lowest BCUT2D eigenvalue weighted by molar-refractivity contribution is 0.112. The molecule has 5 heteroatoms. The molecule has 0 aliphatic heterocycles. The summed E-state index contributed by atoms with van der Waals surface area (Å²) in [6.07, 6.45) is 4.50. The number of hydrogen-bond donors (Lipinski definition) is 0. The SMILES string of the molecule is Cc1nccn1CCOc1ccc(C=O)cc1Br. The Morgan fingerprint density at radius 3 is 2.94 bits per heavy atom. The van der Waals surface area contributed by atoms with Gasteiger partial charge < -0.3 is 9.30 Å². The zero-order chi connectivity index (χ0) is 13.0. The van der Waals surface area contributed by atoms with Gasteiger partial charge in [0.25, 0.3) is 0 Å². The average molecular weight is 309 g/mol. The molecule has 1 heterocycles. The smallest absolute Gasteiger partial charge is 0.150 e. The highest BCUT2D eigenvalue weighted by molar-refractivity contribution is 9.10. The highest BCUT2D eigenvalue weighted by Crippen LogP contribution is 2.25. The summed E-state index contributed by atoms with van der Waals surface area (Å²) in [5.74, 6) is 1.70. The Balaban J connectivity index is 1.94. The molecule has 1 aromatic carbocycles. The number of aromatic nitrogens is 2. The molecular weight excluding hydrogens is 296 g/mol. The predicted octanol–water partition coefficient (Wildman–Crippen LogP) is 2.85. The molecule has 0 amide bonds. The summed E-state index contributed by atoms with van der Waals surface area (Å²) in [5.41, 5.74) is 0.625. The van der Waals surface area contributed by atoms with Crippen molar-refractivity contribution in [2.75, 3.05) is 6.61 Å². The van der Waals surface area contributed by atoms with Crippen LogP contribution in [0.4, 0.5) is 0 Å². The number of aldehydes is 1. The van der Waals surface area contributed by atoms with Gasteiger partial charge in [-0.2, -0.15) is 0 Å². The second-order valence-electron chi connectivity index (χ2n) is 3.82. The molecule has 2 rings (SSSR count). The molecule has 4 nitrogen and oxygen atoms in total. The molecule has 0 saturated carbocycles. The van der Waals surface area contributed by atoms with Gasteiger partial charge in [-0.05, 0) is 41.1 Å². The third-order valence-corrected chi connectivity index (χ3v) is 3.23. The number of ether oxygens (including phenoxy) is 1. The van der Waals surface area contributed by atoms with Crippen molar-refractivity contribution in [3.63, 3.8) is 0 Å². The van der Waals surface area contributed by atoms with Gasteiger partial charge in [0.2, 0.25) is 0 Å². The van der Waals surface area contributed by atoms with E-state index >= 15 is 0 Å². The number of nitrogens with zero attached hydrogens (tertiary/aromatic N) is 2. The minimum atomic E-state index is 0.552. The number of rotatable bonds is 5. The zero-order valence-electron chi connectivity index (χ0n) is 9.97. The van der Waals surface area contributed by atoms with Crippen molar-refractivity contribution >= 4 is 22.2 Å². The van der Waals surface area contributed by atoms with Crippen molar-refractivity contribution in [1.29, 1.82) is 0 Å². The van der Waals surface area contributed by atoms with Gasteiger partial charge in [0.15, 0.2) is 0 Å². The summed E-state index contributed by atoms with van der Waals surface area (Å²) >= 11 is 3.38. The number of hydrogen-bond acceptors (Lipinski definition) is 3. The topological polar surface area (TPSA) is 44.1 Å². The number of carbonyl (C=O) groups excluding carboxylic acids is 1. The van der Waals surface area contributed by atoms with Crippen LogP contribution in [0.15, 0.2) is 35.1 Å². The van der Waals surface area contributed by atoms with Crippen molar-refractivity contribution in [1.82, 2.24) is 9.55 Å². The van der Waals surface area contributed by atoms with Crippen molar-refractivity contribution in [2.45, 2.75) is 13.5 Å². The summed E-state index contributed by atoms with van der Waals surface area (Å²) < 4.78 is 8.46. The minimum Gasteiger partial charge on any atom is -0.491 e. The van der Waals surface area contributed by atoms with Gasteiger partial charge >= 0.3 is 0 Å². The first-order valence-electron chi connectivity index (χ1n) is 5.56. The van der Waals surface area contributed by atoms with E-state index in [0.717, 1.165) is 28.9 Å². The van der Waals surface area contributed by atoms with Crippen molar-refractivity contribution < 1.29 is 9.53 Å². The molecule has 0 N–H and O–H groups in total. The van der Waals surface area contributed by atoms with Gasteiger partial charge in [0.1, 0.15) is 24.5 Å². The lowest BCUT2D eigenvalue weighted by Gasteiger charge is -2.09. The monoisotopic (exact) mass is 308 g/mol. The molecule has 94 valence electrons. The van der Waals surface area contributed by atoms with Gasteiger partial charge in [-0.3, -0.25) is 4.79 Å². The number of aryl methyl sites for hydroxylation is 1. The van der Waals surface area contributed by atoms with Crippen LogP contribution in [0.5, 0.6) is 5.75 Å². The first-order valence-corrected chi connectivity index (χ1v) is 6.35. The lowest BCUT2D eigenvalue weighted by atomic mass is 10.2. The maximum absolute atomic E-state index is 10.6. The zero-order valence-corrected chi connectivity index (χ0v) is 11.6. The van der Waals surface area contributed by atoms with Crippen LogP contribution in [0.1, 0.15) is 16.2 Å². The van der Waals surface area contributed by atoms with E-state index < -0.39 is 0 Å². The molecule has 0 aliphatic rings. The number of halogens is 1. The van der Waals surface area contributed by atoms with E-state index in [1.165, 1.54) is 0 Å². The molecule has 18 heavy (non-hydrogen) atoms. The summed E-state index contributed by atoms with van der Waals surface area (Å²) in [4.78, 5) is 14.7. The number of carbonyl (C=O) groups is 1. The van der Waals surface area contributed by atoms with Gasteiger partial charge in [-0.15, -0.1) is 0 Å². The molecular formula is C13H13BrN2O2. The number of imidazole rings is 1. The molecule has 0 fully saturated rings. The van der Waals surface area contributed by atoms with Crippen LogP contribution in [0.2, 0.25) is 0 Å². The Morgan fingerprint density at radius 1 is 1.50 bits per heavy atom. The fourth-order valence-electron chi connectivity index (χ4n) is 1.60. The predicted molar refractivity (Wildman–Crippen MR) is 72.0 cm³/mol. The molecule has 2 aromatic rings. The molecule has 0 radical (unpaired) electrons. The van der Waals surface area contributed by atoms with Gasteiger partial charge in [0, 0.05) is 18.0 Å². The van der Waals surface area contributed by atoms with Crippen LogP contribution in [0.25, 0.3) is 0 Å². The average Bonchev–Trinajstić information content (AvgIpc) is 2.77. The molecule has 0 atom stereocenters. The van der Waals surface area contributed by atoms with Crippen LogP contribution < -0.4 is 4.74 Å². The van der Waals surface area contributed by atoms with Crippen LogP contribution in [-0.4, -0.2) is 22.4 Å². The van der Waals surface area contributed by atoms with Crippen molar-refractivity contribution in [3.8, 4) is 5.75 Å². The summed E-state index contributed by atoms with van der Waals surface area (Å²) in [5, 5.41) is 0. The third-order valence-electron chi connectivity index (χ3n) is 2.61. The quantitative estimate of drug-likeness (QED) is 0.798. The van der Waals surface area contributed by atoms with Crippen LogP contribution in [0, 0.1) is 6.92 Å². The fraction of sp³-hybridized carbons (Fsp3) is 0.231. The van der Waals surface area contributed by atoms with E-state index in [1.54, 1.807) is 24.4 Å². The Hall–Kier alpha value is -1.62. The second-order valence-corrected chi connectivity index (χ2v) is 4.68. The van der Waals surface area contributed by atoms with Crippen LogP contribution in [0.3, 0.4) is 0 Å². The molecule has 1 aromatic heterocycles. The van der Waals surface area contributed by atoms with Crippen LogP contribution >= 0.6 is 15.9 Å². The Morgan fingerprint density at radius 2 is 2.33 bits per heavy atom. The van der Waals surface area contributed by atoms with E-state index in [4.69, 9.17) is 4.74 Å². The Kier molecular flexibility index (Phi) is 4.15. The molecule has 0 spiro atoms. The number of benzene rings is 1. The van der Waals surface area contributed by atoms with Gasteiger partial charge in [-0.25, -0.2) is 4.98 Å². The summed E-state index contributed by atoms with van der Waals surface area (Å²) in [6, 6.07) is 5.26. The summed E-state index contributed by atoms with van der Waals surface area (Å²) in [7, 11) is 0. The Labute approximate surface area is 114 Å². The fourth-order valence-corrected chi connectivity index (χ4v) is 2.11. The molecule has 0 saturated heterocycles. The molecule has 0 aliphatic carbocycles. The largest absolute Gasteiger partial charge is 0.491 e. The van der Waals surface area contributed by atoms with E-state index in [0.29, 0.717) is 12.2 Å². The normalized spacial score (nSPS) is 10.3. The Bertz CT molecular complexity index is 552. The van der Waals surface area contributed by atoms with Gasteiger partial charge in [-0.1, -0.05) is 0 Å². The van der Waals surface area contributed by atoms with Gasteiger partial charge in [0.05, 0.1) is 11.0 Å². The highest BCUT2D eigenvalue weighted by atomic mass is 79.9. The molecule has 0 bridgehead atoms. The van der Waals surface area contributed by atoms with Crippen molar-refractivity contribution in [2.24, 2.45) is 0 Å². The maximum Gasteiger partial charge on any atom is 0.150 e. The van der Waals surface area contributed by atoms with E-state index in [9.17, 15) is 4.79 Å². The minimum absolute atomic E-state index is 0.552. The molecule has 0 unspecified atom stereocenters. The third kappa shape index (κ3) is 2.98. The van der Waals surface area contributed by atoms with E-state index in [-0.39, 0.29) is 0 Å². The first kappa shape index (κ1) is 12.8. The van der Waals surface area contributed by atoms with E-state index in [1.807, 2.05) is 17.7 Å². The lowest BCUT2D eigenvalue weighted by Crippen LogP contribution is -2.09.